The Morgan fingerprint density at radius 3 is 2.71 bits per heavy atom. The van der Waals surface area contributed by atoms with E-state index in [2.05, 4.69) is 39.8 Å². The molecule has 0 saturated heterocycles. The van der Waals surface area contributed by atoms with E-state index < -0.39 is 0 Å². The summed E-state index contributed by atoms with van der Waals surface area (Å²) < 4.78 is 4.90. The van der Waals surface area contributed by atoms with Crippen LogP contribution < -0.4 is 10.6 Å². The topological polar surface area (TPSA) is 75.6 Å². The van der Waals surface area contributed by atoms with E-state index in [1.54, 1.807) is 11.3 Å². The zero-order chi connectivity index (χ0) is 17.1. The van der Waals surface area contributed by atoms with Gasteiger partial charge < -0.3 is 15.4 Å². The van der Waals surface area contributed by atoms with Gasteiger partial charge in [-0.25, -0.2) is 9.98 Å². The van der Waals surface area contributed by atoms with E-state index in [1.807, 2.05) is 13.8 Å². The lowest BCUT2D eigenvalue weighted by molar-refractivity contribution is -0.143. The van der Waals surface area contributed by atoms with Crippen LogP contribution in [0.3, 0.4) is 0 Å². The number of carbonyl (C=O) groups is 1. The lowest BCUT2D eigenvalue weighted by Gasteiger charge is -2.10. The molecule has 8 heteroatoms. The Hall–Kier alpha value is -0.900. The second-order valence-electron chi connectivity index (χ2n) is 5.35. The number of hydrogen-bond donors (Lipinski definition) is 2. The fourth-order valence-corrected chi connectivity index (χ4v) is 2.70. The van der Waals surface area contributed by atoms with Crippen molar-refractivity contribution in [1.82, 2.24) is 15.6 Å². The Morgan fingerprint density at radius 1 is 1.38 bits per heavy atom. The molecule has 1 aromatic rings. The summed E-state index contributed by atoms with van der Waals surface area (Å²) in [6.07, 6.45) is 1.14. The van der Waals surface area contributed by atoms with Gasteiger partial charge in [0.05, 0.1) is 18.8 Å². The highest BCUT2D eigenvalue weighted by Gasteiger charge is 2.06. The normalized spacial score (nSPS) is 11.1. The number of hydrogen-bond acceptors (Lipinski definition) is 5. The Labute approximate surface area is 165 Å². The first-order valence-corrected chi connectivity index (χ1v) is 9.06. The first kappa shape index (κ1) is 23.1. The predicted octanol–water partition coefficient (Wildman–Crippen LogP) is 3.28. The Bertz CT molecular complexity index is 506. The molecule has 0 aliphatic carbocycles. The van der Waals surface area contributed by atoms with Crippen molar-refractivity contribution in [3.8, 4) is 0 Å². The zero-order valence-electron chi connectivity index (χ0n) is 14.9. The van der Waals surface area contributed by atoms with Gasteiger partial charge in [0.1, 0.15) is 5.01 Å². The third-order valence-corrected chi connectivity index (χ3v) is 3.88. The van der Waals surface area contributed by atoms with Crippen LogP contribution in [0.15, 0.2) is 10.4 Å². The maximum atomic E-state index is 11.3. The number of nitrogens with one attached hydrogen (secondary N) is 2. The van der Waals surface area contributed by atoms with E-state index in [0.717, 1.165) is 29.6 Å². The second kappa shape index (κ2) is 13.4. The first-order valence-electron chi connectivity index (χ1n) is 8.18. The molecule has 0 aliphatic rings. The minimum Gasteiger partial charge on any atom is -0.466 e. The number of rotatable bonds is 9. The zero-order valence-corrected chi connectivity index (χ0v) is 18.1. The Kier molecular flexibility index (Phi) is 12.9. The van der Waals surface area contributed by atoms with Gasteiger partial charge >= 0.3 is 5.97 Å². The molecule has 1 aromatic heterocycles. The number of esters is 1. The van der Waals surface area contributed by atoms with Gasteiger partial charge in [0.15, 0.2) is 5.96 Å². The summed E-state index contributed by atoms with van der Waals surface area (Å²) in [6, 6.07) is 0. The molecule has 0 aromatic carbocycles. The second-order valence-corrected chi connectivity index (χ2v) is 6.29. The highest BCUT2D eigenvalue weighted by atomic mass is 127. The van der Waals surface area contributed by atoms with E-state index in [-0.39, 0.29) is 29.9 Å². The maximum Gasteiger partial charge on any atom is 0.305 e. The van der Waals surface area contributed by atoms with Crippen molar-refractivity contribution < 1.29 is 9.53 Å². The molecule has 0 atom stereocenters. The quantitative estimate of drug-likeness (QED) is 0.191. The summed E-state index contributed by atoms with van der Waals surface area (Å²) in [5, 5.41) is 9.53. The highest BCUT2D eigenvalue weighted by molar-refractivity contribution is 14.0. The number of carbonyl (C=O) groups excluding carboxylic acids is 1. The molecule has 0 fully saturated rings. The van der Waals surface area contributed by atoms with E-state index in [0.29, 0.717) is 32.0 Å². The number of ether oxygens (including phenoxy) is 1. The lowest BCUT2D eigenvalue weighted by Crippen LogP contribution is -2.37. The van der Waals surface area contributed by atoms with Crippen LogP contribution in [-0.2, 0) is 16.1 Å². The van der Waals surface area contributed by atoms with E-state index in [4.69, 9.17) is 4.74 Å². The molecule has 0 radical (unpaired) electrons. The molecule has 0 aliphatic heterocycles. The molecule has 0 saturated carbocycles. The minimum atomic E-state index is -0.153. The van der Waals surface area contributed by atoms with Crippen LogP contribution >= 0.6 is 35.3 Å². The summed E-state index contributed by atoms with van der Waals surface area (Å²) in [6.45, 7) is 10.6. The SMILES string of the molecule is CCNC(=NCc1nc(C(C)C)cs1)NCCCC(=O)OCC.I. The summed E-state index contributed by atoms with van der Waals surface area (Å²) in [5.74, 6) is 1.04. The maximum absolute atomic E-state index is 11.3. The molecule has 1 rings (SSSR count). The van der Waals surface area contributed by atoms with Crippen LogP contribution in [0.1, 0.15) is 57.2 Å². The molecule has 0 unspecified atom stereocenters. The Balaban J connectivity index is 0.00000529. The molecule has 2 N–H and O–H groups in total. The van der Waals surface area contributed by atoms with Gasteiger partial charge in [-0.1, -0.05) is 13.8 Å². The van der Waals surface area contributed by atoms with Gasteiger partial charge in [0.25, 0.3) is 0 Å². The van der Waals surface area contributed by atoms with Crippen molar-refractivity contribution in [1.29, 1.82) is 0 Å². The summed E-state index contributed by atoms with van der Waals surface area (Å²) in [7, 11) is 0. The van der Waals surface area contributed by atoms with Crippen molar-refractivity contribution in [3.05, 3.63) is 16.1 Å². The number of aliphatic imine (C=N–C) groups is 1. The predicted molar refractivity (Wildman–Crippen MR) is 110 cm³/mol. The molecular weight excluding hydrogens is 439 g/mol. The van der Waals surface area contributed by atoms with Crippen LogP contribution in [-0.4, -0.2) is 36.6 Å². The van der Waals surface area contributed by atoms with Crippen LogP contribution in [0.25, 0.3) is 0 Å². The van der Waals surface area contributed by atoms with Crippen LogP contribution in [0.2, 0.25) is 0 Å². The fraction of sp³-hybridized carbons (Fsp3) is 0.688. The fourth-order valence-electron chi connectivity index (χ4n) is 1.82. The van der Waals surface area contributed by atoms with Gasteiger partial charge in [0.2, 0.25) is 0 Å². The standard InChI is InChI=1S/C16H28N4O2S.HI/c1-5-17-16(18-9-7-8-15(21)22-6-2)19-10-14-20-13(11-23-14)12(3)4;/h11-12H,5-10H2,1-4H3,(H2,17,18,19);1H. The summed E-state index contributed by atoms with van der Waals surface area (Å²) in [4.78, 5) is 20.4. The minimum absolute atomic E-state index is 0. The number of nitrogens with zero attached hydrogens (tertiary/aromatic N) is 2. The first-order chi connectivity index (χ1) is 11.1. The van der Waals surface area contributed by atoms with Crippen molar-refractivity contribution >= 4 is 47.2 Å². The molecule has 1 heterocycles. The van der Waals surface area contributed by atoms with Gasteiger partial charge in [-0.3, -0.25) is 4.79 Å². The van der Waals surface area contributed by atoms with E-state index >= 15 is 0 Å². The average molecular weight is 468 g/mol. The molecule has 0 amide bonds. The number of halogens is 1. The van der Waals surface area contributed by atoms with Crippen molar-refractivity contribution in [2.45, 2.75) is 53.0 Å². The van der Waals surface area contributed by atoms with E-state index in [9.17, 15) is 4.79 Å². The third kappa shape index (κ3) is 9.41. The van der Waals surface area contributed by atoms with Crippen molar-refractivity contribution in [2.24, 2.45) is 4.99 Å². The molecule has 6 nitrogen and oxygen atoms in total. The van der Waals surface area contributed by atoms with Crippen molar-refractivity contribution in [2.75, 3.05) is 19.7 Å². The van der Waals surface area contributed by atoms with Gasteiger partial charge in [-0.15, -0.1) is 35.3 Å². The Morgan fingerprint density at radius 2 is 2.12 bits per heavy atom. The van der Waals surface area contributed by atoms with E-state index in [1.165, 1.54) is 0 Å². The molecular formula is C16H29IN4O2S. The molecule has 138 valence electrons. The molecule has 0 spiro atoms. The number of aromatic nitrogens is 1. The highest BCUT2D eigenvalue weighted by Crippen LogP contribution is 2.18. The molecule has 24 heavy (non-hydrogen) atoms. The van der Waals surface area contributed by atoms with Crippen LogP contribution in [0.4, 0.5) is 0 Å². The van der Waals surface area contributed by atoms with Crippen molar-refractivity contribution in [3.63, 3.8) is 0 Å². The molecule has 0 bridgehead atoms. The number of guanidine groups is 1. The summed E-state index contributed by atoms with van der Waals surface area (Å²) in [5.41, 5.74) is 1.12. The smallest absolute Gasteiger partial charge is 0.305 e. The summed E-state index contributed by atoms with van der Waals surface area (Å²) >= 11 is 1.64. The number of thiazole rings is 1. The van der Waals surface area contributed by atoms with Crippen LogP contribution in [0, 0.1) is 0 Å². The van der Waals surface area contributed by atoms with Crippen LogP contribution in [0.5, 0.6) is 0 Å². The van der Waals surface area contributed by atoms with Gasteiger partial charge in [-0.2, -0.15) is 0 Å². The van der Waals surface area contributed by atoms with Gasteiger partial charge in [0, 0.05) is 24.9 Å². The largest absolute Gasteiger partial charge is 0.466 e. The average Bonchev–Trinajstić information content (AvgIpc) is 2.98. The van der Waals surface area contributed by atoms with Gasteiger partial charge in [-0.05, 0) is 26.2 Å². The third-order valence-electron chi connectivity index (χ3n) is 3.03. The lowest BCUT2D eigenvalue weighted by atomic mass is 10.2. The monoisotopic (exact) mass is 468 g/mol.